The third-order valence-corrected chi connectivity index (χ3v) is 4.29. The quantitative estimate of drug-likeness (QED) is 0.505. The zero-order valence-corrected chi connectivity index (χ0v) is 15.5. The Kier molecular flexibility index (Phi) is 5.26. The summed E-state index contributed by atoms with van der Waals surface area (Å²) in [5.41, 5.74) is 1.91. The third-order valence-electron chi connectivity index (χ3n) is 4.29. The topological polar surface area (TPSA) is 90.5 Å². The van der Waals surface area contributed by atoms with Crippen molar-refractivity contribution in [3.63, 3.8) is 0 Å². The molecule has 0 saturated carbocycles. The Labute approximate surface area is 164 Å². The van der Waals surface area contributed by atoms with Gasteiger partial charge in [0.05, 0.1) is 19.3 Å². The lowest BCUT2D eigenvalue weighted by Crippen LogP contribution is -1.98. The van der Waals surface area contributed by atoms with Crippen molar-refractivity contribution in [2.75, 3.05) is 7.11 Å². The molecule has 4 rings (SSSR count). The second kappa shape index (κ2) is 8.15. The normalized spacial score (nSPS) is 11.0. The van der Waals surface area contributed by atoms with E-state index in [1.165, 1.54) is 30.5 Å². The molecule has 0 radical (unpaired) electrons. The molecular weight excluding hydrogens is 379 g/mol. The molecule has 1 N–H and O–H groups in total. The zero-order valence-electron chi connectivity index (χ0n) is 15.5. The fourth-order valence-corrected chi connectivity index (χ4v) is 2.83. The van der Waals surface area contributed by atoms with Crippen LogP contribution in [0.25, 0.3) is 22.5 Å². The first kappa shape index (κ1) is 18.7. The lowest BCUT2D eigenvalue weighted by atomic mass is 10.1. The summed E-state index contributed by atoms with van der Waals surface area (Å²) < 4.78 is 34.3. The molecule has 7 nitrogen and oxygen atoms in total. The average molecular weight is 396 g/mol. The van der Waals surface area contributed by atoms with Crippen LogP contribution in [0.3, 0.4) is 0 Å². The number of nitrogens with zero attached hydrogens (tertiary/aromatic N) is 1. The lowest BCUT2D eigenvalue weighted by molar-refractivity contribution is 0.0895. The molecule has 0 spiro atoms. The van der Waals surface area contributed by atoms with Crippen LogP contribution in [0.1, 0.15) is 11.5 Å². The van der Waals surface area contributed by atoms with Gasteiger partial charge in [-0.3, -0.25) is 0 Å². The number of hydrogen-bond donors (Lipinski definition) is 1. The number of hydrogen-bond acceptors (Lipinski definition) is 6. The van der Waals surface area contributed by atoms with Gasteiger partial charge in [0.15, 0.2) is 0 Å². The van der Waals surface area contributed by atoms with Gasteiger partial charge in [-0.15, -0.1) is 0 Å². The van der Waals surface area contributed by atoms with Crippen LogP contribution in [0.2, 0.25) is 0 Å². The van der Waals surface area contributed by atoms with Crippen molar-refractivity contribution in [3.8, 4) is 28.3 Å². The maximum Gasteiger partial charge on any atom is 0.365 e. The number of halogens is 1. The Bertz CT molecular complexity index is 1140. The van der Waals surface area contributed by atoms with Gasteiger partial charge in [0.25, 0.3) is 0 Å². The van der Waals surface area contributed by atoms with Crippen LogP contribution < -0.4 is 10.4 Å². The molecule has 29 heavy (non-hydrogen) atoms. The number of methoxy groups -OCH3 is 1. The molecule has 148 valence electrons. The Morgan fingerprint density at radius 1 is 1.07 bits per heavy atom. The summed E-state index contributed by atoms with van der Waals surface area (Å²) in [5.74, 6) is 0.728. The fourth-order valence-electron chi connectivity index (χ4n) is 2.83. The summed E-state index contributed by atoms with van der Waals surface area (Å²) in [4.78, 5) is 16.4. The van der Waals surface area contributed by atoms with Gasteiger partial charge in [0.2, 0.25) is 5.89 Å². The Balaban J connectivity index is 1.46. The van der Waals surface area contributed by atoms with Crippen molar-refractivity contribution >= 4 is 0 Å². The second-order valence-corrected chi connectivity index (χ2v) is 6.22. The van der Waals surface area contributed by atoms with Crippen LogP contribution in [-0.2, 0) is 18.0 Å². The Morgan fingerprint density at radius 2 is 1.83 bits per heavy atom. The molecule has 0 aliphatic carbocycles. The van der Waals surface area contributed by atoms with Crippen LogP contribution in [0, 0.1) is 5.82 Å². The summed E-state index contributed by atoms with van der Waals surface area (Å²) in [5, 5.41) is 2.55. The molecule has 0 aliphatic heterocycles. The maximum absolute atomic E-state index is 13.2. The Morgan fingerprint density at radius 3 is 2.55 bits per heavy atom. The average Bonchev–Trinajstić information content (AvgIpc) is 3.36. The molecule has 8 heteroatoms. The number of aromatic amines is 1. The van der Waals surface area contributed by atoms with Crippen molar-refractivity contribution in [3.05, 3.63) is 82.5 Å². The van der Waals surface area contributed by atoms with Gasteiger partial charge in [-0.25, -0.2) is 19.3 Å². The van der Waals surface area contributed by atoms with Crippen LogP contribution in [0.5, 0.6) is 5.75 Å². The van der Waals surface area contributed by atoms with E-state index in [9.17, 15) is 9.18 Å². The number of rotatable bonds is 7. The van der Waals surface area contributed by atoms with Crippen LogP contribution in [0.4, 0.5) is 4.39 Å². The summed E-state index contributed by atoms with van der Waals surface area (Å²) in [6.45, 7) is 0.533. The smallest absolute Gasteiger partial charge is 0.365 e. The SMILES string of the molecule is COc1ccc(COCc2nc(-c3[nH]oc(=O)c3-c3ccc(F)cc3)co2)cc1. The fraction of sp³-hybridized carbons (Fsp3) is 0.143. The van der Waals surface area contributed by atoms with E-state index < -0.39 is 11.4 Å². The van der Waals surface area contributed by atoms with Gasteiger partial charge >= 0.3 is 5.63 Å². The highest BCUT2D eigenvalue weighted by Crippen LogP contribution is 2.28. The van der Waals surface area contributed by atoms with E-state index in [4.69, 9.17) is 18.4 Å². The first-order chi connectivity index (χ1) is 14.1. The van der Waals surface area contributed by atoms with E-state index in [0.717, 1.165) is 11.3 Å². The molecule has 0 atom stereocenters. The lowest BCUT2D eigenvalue weighted by Gasteiger charge is -2.03. The molecule has 0 unspecified atom stereocenters. The first-order valence-corrected chi connectivity index (χ1v) is 8.77. The number of aromatic nitrogens is 2. The number of ether oxygens (including phenoxy) is 2. The van der Waals surface area contributed by atoms with Crippen LogP contribution in [0.15, 0.2) is 68.5 Å². The standard InChI is InChI=1S/C21H17FN2O5/c1-26-16-8-2-13(3-9-16)10-27-12-18-23-17(11-28-18)20-19(21(25)29-24-20)14-4-6-15(22)7-5-14/h2-9,11,24H,10,12H2,1H3. The molecule has 0 aliphatic rings. The number of H-pyrrole nitrogens is 1. The monoisotopic (exact) mass is 396 g/mol. The molecular formula is C21H17FN2O5. The molecule has 2 aromatic heterocycles. The van der Waals surface area contributed by atoms with E-state index in [0.29, 0.717) is 29.4 Å². The molecule has 2 aromatic carbocycles. The first-order valence-electron chi connectivity index (χ1n) is 8.77. The molecule has 0 saturated heterocycles. The van der Waals surface area contributed by atoms with Crippen molar-refractivity contribution in [1.29, 1.82) is 0 Å². The highest BCUT2D eigenvalue weighted by molar-refractivity contribution is 5.77. The minimum Gasteiger partial charge on any atom is -0.497 e. The van der Waals surface area contributed by atoms with E-state index >= 15 is 0 Å². The van der Waals surface area contributed by atoms with E-state index in [2.05, 4.69) is 10.1 Å². The molecule has 0 amide bonds. The predicted molar refractivity (Wildman–Crippen MR) is 102 cm³/mol. The van der Waals surface area contributed by atoms with Gasteiger partial charge in [-0.1, -0.05) is 24.3 Å². The van der Waals surface area contributed by atoms with Gasteiger partial charge in [-0.05, 0) is 35.4 Å². The van der Waals surface area contributed by atoms with Crippen molar-refractivity contribution < 1.29 is 22.8 Å². The zero-order chi connectivity index (χ0) is 20.2. The molecule has 2 heterocycles. The molecule has 4 aromatic rings. The second-order valence-electron chi connectivity index (χ2n) is 6.22. The highest BCUT2D eigenvalue weighted by atomic mass is 19.1. The van der Waals surface area contributed by atoms with Crippen molar-refractivity contribution in [2.45, 2.75) is 13.2 Å². The van der Waals surface area contributed by atoms with E-state index in [1.54, 1.807) is 7.11 Å². The van der Waals surface area contributed by atoms with E-state index in [-0.39, 0.29) is 12.2 Å². The highest BCUT2D eigenvalue weighted by Gasteiger charge is 2.19. The largest absolute Gasteiger partial charge is 0.497 e. The number of nitrogens with one attached hydrogen (secondary N) is 1. The number of benzene rings is 2. The van der Waals surface area contributed by atoms with Gasteiger partial charge in [-0.2, -0.15) is 0 Å². The van der Waals surface area contributed by atoms with Gasteiger partial charge < -0.3 is 18.4 Å². The maximum atomic E-state index is 13.2. The summed E-state index contributed by atoms with van der Waals surface area (Å²) in [6.07, 6.45) is 1.40. The van der Waals surface area contributed by atoms with Gasteiger partial charge in [0.1, 0.15) is 35.8 Å². The van der Waals surface area contributed by atoms with Crippen molar-refractivity contribution in [1.82, 2.24) is 10.1 Å². The molecule has 0 bridgehead atoms. The van der Waals surface area contributed by atoms with Crippen LogP contribution in [-0.4, -0.2) is 17.3 Å². The van der Waals surface area contributed by atoms with Crippen molar-refractivity contribution in [2.24, 2.45) is 0 Å². The summed E-state index contributed by atoms with van der Waals surface area (Å²) >= 11 is 0. The predicted octanol–water partition coefficient (Wildman–Crippen LogP) is 4.15. The summed E-state index contributed by atoms with van der Waals surface area (Å²) in [7, 11) is 1.61. The minimum atomic E-state index is -0.577. The third kappa shape index (κ3) is 4.12. The number of oxazole rings is 1. The van der Waals surface area contributed by atoms with E-state index in [1.807, 2.05) is 24.3 Å². The minimum absolute atomic E-state index is 0.153. The molecule has 0 fully saturated rings. The van der Waals surface area contributed by atoms with Crippen LogP contribution >= 0.6 is 0 Å². The summed E-state index contributed by atoms with van der Waals surface area (Å²) in [6, 6.07) is 13.1. The van der Waals surface area contributed by atoms with Gasteiger partial charge in [0, 0.05) is 0 Å². The Hall–Kier alpha value is -3.65.